The van der Waals surface area contributed by atoms with Gasteiger partial charge in [0, 0.05) is 44.0 Å². The molecule has 1 aliphatic rings. The van der Waals surface area contributed by atoms with Gasteiger partial charge in [0.25, 0.3) is 0 Å². The van der Waals surface area contributed by atoms with E-state index >= 15 is 0 Å². The van der Waals surface area contributed by atoms with Gasteiger partial charge in [0.15, 0.2) is 6.29 Å². The van der Waals surface area contributed by atoms with E-state index in [0.29, 0.717) is 25.8 Å². The fourth-order valence-electron chi connectivity index (χ4n) is 5.50. The molecule has 1 fully saturated rings. The van der Waals surface area contributed by atoms with Gasteiger partial charge in [-0.05, 0) is 49.1 Å². The van der Waals surface area contributed by atoms with Gasteiger partial charge in [-0.15, -0.1) is 0 Å². The quantitative estimate of drug-likeness (QED) is 0.162. The van der Waals surface area contributed by atoms with Gasteiger partial charge in [0.2, 0.25) is 5.91 Å². The number of aliphatic carboxylic acids is 1. The number of likely N-dealkylation sites (N-methyl/N-ethyl adjacent to an activating group) is 1. The third-order valence-corrected chi connectivity index (χ3v) is 8.34. The number of benzene rings is 3. The molecule has 0 saturated carbocycles. The van der Waals surface area contributed by atoms with E-state index in [1.54, 1.807) is 0 Å². The molecule has 1 heterocycles. The molecule has 4 rings (SSSR count). The summed E-state index contributed by atoms with van der Waals surface area (Å²) in [5.41, 5.74) is 5.09. The minimum absolute atomic E-state index is 0.00184. The molecular formula is C36H46N2O6. The number of hydrogen-bond acceptors (Lipinski definition) is 6. The number of carbonyl (C=O) groups excluding carboxylic acids is 1. The predicted molar refractivity (Wildman–Crippen MR) is 170 cm³/mol. The fraction of sp³-hybridized carbons (Fsp3) is 0.444. The van der Waals surface area contributed by atoms with Gasteiger partial charge < -0.3 is 25.0 Å². The lowest BCUT2D eigenvalue weighted by Crippen LogP contribution is -2.38. The first-order valence-electron chi connectivity index (χ1n) is 15.7. The van der Waals surface area contributed by atoms with Crippen molar-refractivity contribution >= 4 is 11.9 Å². The fourth-order valence-corrected chi connectivity index (χ4v) is 5.50. The molecule has 1 aliphatic heterocycles. The van der Waals surface area contributed by atoms with Crippen LogP contribution in [0.3, 0.4) is 0 Å². The number of hydrogen-bond donors (Lipinski definition) is 3. The van der Waals surface area contributed by atoms with Crippen molar-refractivity contribution in [1.29, 1.82) is 0 Å². The van der Waals surface area contributed by atoms with Gasteiger partial charge in [-0.3, -0.25) is 14.5 Å². The van der Waals surface area contributed by atoms with E-state index < -0.39 is 12.3 Å². The molecule has 4 atom stereocenters. The van der Waals surface area contributed by atoms with E-state index in [0.717, 1.165) is 48.1 Å². The summed E-state index contributed by atoms with van der Waals surface area (Å²) in [6.07, 6.45) is 3.66. The van der Waals surface area contributed by atoms with E-state index in [9.17, 15) is 14.7 Å². The average Bonchev–Trinajstić information content (AvgIpc) is 3.05. The Balaban J connectivity index is 1.36. The minimum atomic E-state index is -0.774. The molecule has 236 valence electrons. The third kappa shape index (κ3) is 10.3. The van der Waals surface area contributed by atoms with Crippen LogP contribution in [0.5, 0.6) is 0 Å². The number of amides is 1. The summed E-state index contributed by atoms with van der Waals surface area (Å²) in [5, 5.41) is 21.2. The molecular weight excluding hydrogens is 556 g/mol. The Morgan fingerprint density at radius 1 is 0.864 bits per heavy atom. The maximum atomic E-state index is 12.3. The molecule has 0 unspecified atom stereocenters. The van der Waals surface area contributed by atoms with Crippen molar-refractivity contribution in [3.8, 4) is 0 Å². The normalized spacial score (nSPS) is 19.0. The van der Waals surface area contributed by atoms with Crippen molar-refractivity contribution in [1.82, 2.24) is 10.2 Å². The molecule has 44 heavy (non-hydrogen) atoms. The van der Waals surface area contributed by atoms with Crippen LogP contribution in [0.25, 0.3) is 0 Å². The van der Waals surface area contributed by atoms with Crippen LogP contribution < -0.4 is 5.32 Å². The molecule has 3 aromatic carbocycles. The van der Waals surface area contributed by atoms with Crippen LogP contribution in [0.15, 0.2) is 78.9 Å². The number of rotatable bonds is 16. The van der Waals surface area contributed by atoms with Gasteiger partial charge >= 0.3 is 5.97 Å². The first-order valence-corrected chi connectivity index (χ1v) is 15.7. The lowest BCUT2D eigenvalue weighted by molar-refractivity contribution is -0.253. The van der Waals surface area contributed by atoms with Gasteiger partial charge in [-0.2, -0.15) is 0 Å². The van der Waals surface area contributed by atoms with Crippen molar-refractivity contribution in [3.63, 3.8) is 0 Å². The number of carboxylic acid groups (broad SMARTS) is 1. The Morgan fingerprint density at radius 2 is 1.50 bits per heavy atom. The largest absolute Gasteiger partial charge is 0.481 e. The Bertz CT molecular complexity index is 1300. The van der Waals surface area contributed by atoms with Crippen molar-refractivity contribution in [2.75, 3.05) is 13.6 Å². The SMILES string of the molecule is C[C@@H](c1ccccc1)N(C)C[C@@H]1C[C@H](c2ccc(CO)cc2)O[C@H](c2ccc(CNC(=O)CCCCCCC(=O)O)cc2)O1. The number of nitrogens with one attached hydrogen (secondary N) is 1. The first kappa shape index (κ1) is 33.3. The van der Waals surface area contributed by atoms with E-state index in [2.05, 4.69) is 48.5 Å². The maximum absolute atomic E-state index is 12.3. The highest BCUT2D eigenvalue weighted by atomic mass is 16.7. The van der Waals surface area contributed by atoms with Crippen LogP contribution in [-0.4, -0.2) is 46.7 Å². The molecule has 0 bridgehead atoms. The van der Waals surface area contributed by atoms with Crippen LogP contribution >= 0.6 is 0 Å². The molecule has 0 radical (unpaired) electrons. The summed E-state index contributed by atoms with van der Waals surface area (Å²) in [6, 6.07) is 26.6. The second-order valence-corrected chi connectivity index (χ2v) is 11.7. The summed E-state index contributed by atoms with van der Waals surface area (Å²) in [4.78, 5) is 25.2. The Morgan fingerprint density at radius 3 is 2.16 bits per heavy atom. The summed E-state index contributed by atoms with van der Waals surface area (Å²) in [6.45, 7) is 3.39. The molecule has 8 heteroatoms. The molecule has 8 nitrogen and oxygen atoms in total. The Kier molecular flexibility index (Phi) is 12.9. The number of carbonyl (C=O) groups is 2. The Hall–Kier alpha value is -3.56. The predicted octanol–water partition coefficient (Wildman–Crippen LogP) is 6.46. The van der Waals surface area contributed by atoms with Crippen molar-refractivity contribution in [2.45, 2.75) is 89.6 Å². The summed E-state index contributed by atoms with van der Waals surface area (Å²) >= 11 is 0. The number of ether oxygens (including phenoxy) is 2. The lowest BCUT2D eigenvalue weighted by Gasteiger charge is -2.39. The highest BCUT2D eigenvalue weighted by Crippen LogP contribution is 2.38. The number of carboxylic acids is 1. The van der Waals surface area contributed by atoms with Crippen LogP contribution in [0.4, 0.5) is 0 Å². The van der Waals surface area contributed by atoms with Crippen LogP contribution in [0, 0.1) is 0 Å². The molecule has 1 amide bonds. The number of unbranched alkanes of at least 4 members (excludes halogenated alkanes) is 3. The standard InChI is InChI=1S/C36H46N2O6/c1-26(29-10-6-5-7-11-29)38(2)24-32-22-33(30-18-16-28(25-39)17-19-30)44-36(43-32)31-20-14-27(15-21-31)23-37-34(40)12-8-3-4-9-13-35(41)42/h5-7,10-11,14-21,26,32-33,36,39H,3-4,8-9,12-13,22-25H2,1-2H3,(H,37,40)(H,41,42)/t26-,32-,33+,36+/m0/s1. The van der Waals surface area contributed by atoms with Crippen molar-refractivity contribution < 1.29 is 29.3 Å². The smallest absolute Gasteiger partial charge is 0.303 e. The van der Waals surface area contributed by atoms with Crippen LogP contribution in [0.2, 0.25) is 0 Å². The minimum Gasteiger partial charge on any atom is -0.481 e. The number of aliphatic hydroxyl groups is 1. The van der Waals surface area contributed by atoms with Crippen molar-refractivity contribution in [3.05, 3.63) is 107 Å². The zero-order chi connectivity index (χ0) is 31.3. The van der Waals surface area contributed by atoms with Gasteiger partial charge in [0.05, 0.1) is 18.8 Å². The highest BCUT2D eigenvalue weighted by Gasteiger charge is 2.33. The first-order chi connectivity index (χ1) is 21.3. The van der Waals surface area contributed by atoms with Gasteiger partial charge in [0.1, 0.15) is 0 Å². The summed E-state index contributed by atoms with van der Waals surface area (Å²) < 4.78 is 13.0. The number of nitrogens with zero attached hydrogens (tertiary/aromatic N) is 1. The molecule has 1 saturated heterocycles. The molecule has 3 aromatic rings. The molecule has 0 aromatic heterocycles. The maximum Gasteiger partial charge on any atom is 0.303 e. The van der Waals surface area contributed by atoms with Gasteiger partial charge in [-0.1, -0.05) is 91.7 Å². The van der Waals surface area contributed by atoms with Gasteiger partial charge in [-0.25, -0.2) is 0 Å². The zero-order valence-electron chi connectivity index (χ0n) is 25.9. The topological polar surface area (TPSA) is 108 Å². The molecule has 3 N–H and O–H groups in total. The average molecular weight is 603 g/mol. The van der Waals surface area contributed by atoms with Crippen molar-refractivity contribution in [2.24, 2.45) is 0 Å². The summed E-state index contributed by atoms with van der Waals surface area (Å²) in [5.74, 6) is -0.775. The van der Waals surface area contributed by atoms with E-state index in [4.69, 9.17) is 14.6 Å². The molecule has 0 spiro atoms. The lowest BCUT2D eigenvalue weighted by atomic mass is 9.99. The van der Waals surface area contributed by atoms with E-state index in [1.807, 2.05) is 54.6 Å². The van der Waals surface area contributed by atoms with Crippen LogP contribution in [-0.2, 0) is 32.2 Å². The third-order valence-electron chi connectivity index (χ3n) is 8.34. The second kappa shape index (κ2) is 17.1. The second-order valence-electron chi connectivity index (χ2n) is 11.7. The van der Waals surface area contributed by atoms with E-state index in [-0.39, 0.29) is 37.2 Å². The monoisotopic (exact) mass is 602 g/mol. The molecule has 0 aliphatic carbocycles. The van der Waals surface area contributed by atoms with Crippen LogP contribution in [0.1, 0.15) is 98.1 Å². The summed E-state index contributed by atoms with van der Waals surface area (Å²) in [7, 11) is 2.12. The Labute approximate surface area is 261 Å². The van der Waals surface area contributed by atoms with E-state index in [1.165, 1.54) is 5.56 Å². The highest BCUT2D eigenvalue weighted by molar-refractivity contribution is 5.75. The zero-order valence-corrected chi connectivity index (χ0v) is 25.9. The number of aliphatic hydroxyl groups excluding tert-OH is 1.